The first-order chi connectivity index (χ1) is 7.25. The first-order valence-corrected chi connectivity index (χ1v) is 5.89. The van der Waals surface area contributed by atoms with Crippen LogP contribution in [0.25, 0.3) is 0 Å². The number of allylic oxidation sites excluding steroid dienone is 1. The molecule has 17 heavy (non-hydrogen) atoms. The molecule has 0 aliphatic carbocycles. The number of methoxy groups -OCH3 is 1. The zero-order valence-corrected chi connectivity index (χ0v) is 13.8. The quantitative estimate of drug-likeness (QED) is 0.0949. The molecule has 0 aromatic carbocycles. The van der Waals surface area contributed by atoms with Gasteiger partial charge in [-0.15, -0.1) is 0 Å². The predicted molar refractivity (Wildman–Crippen MR) is 66.1 cm³/mol. The van der Waals surface area contributed by atoms with E-state index in [1.807, 2.05) is 0 Å². The Morgan fingerprint density at radius 3 is 2.06 bits per heavy atom. The van der Waals surface area contributed by atoms with E-state index in [1.165, 1.54) is 0 Å². The molecule has 0 rings (SSSR count). The molecule has 0 unspecified atom stereocenters. The van der Waals surface area contributed by atoms with Crippen LogP contribution < -0.4 is 0 Å². The van der Waals surface area contributed by atoms with Gasteiger partial charge < -0.3 is 14.6 Å². The number of esters is 2. The molecule has 0 atom stereocenters. The van der Waals surface area contributed by atoms with Crippen molar-refractivity contribution in [3.63, 3.8) is 0 Å². The number of terminal acetylenes is 1. The maximum absolute atomic E-state index is 11.3. The minimum absolute atomic E-state index is 0. The van der Waals surface area contributed by atoms with Crippen LogP contribution in [0.2, 0.25) is 0 Å². The second kappa shape index (κ2) is 8.16. The third-order valence-corrected chi connectivity index (χ3v) is 2.38. The fourth-order valence-corrected chi connectivity index (χ4v) is 1.22. The minimum Gasteiger partial charge on any atom is -0.508 e. The van der Waals surface area contributed by atoms with Crippen molar-refractivity contribution in [2.24, 2.45) is 0 Å². The van der Waals surface area contributed by atoms with Gasteiger partial charge in [0, 0.05) is 17.1 Å². The first-order valence-electron chi connectivity index (χ1n) is 3.51. The van der Waals surface area contributed by atoms with Crippen LogP contribution in [0.3, 0.4) is 0 Å². The average Bonchev–Trinajstić information content (AvgIpc) is 2.16. The van der Waals surface area contributed by atoms with Gasteiger partial charge in [0.1, 0.15) is 6.11 Å². The molecule has 99 valence electrons. The second-order valence-electron chi connectivity index (χ2n) is 2.22. The minimum atomic E-state index is -1.36. The van der Waals surface area contributed by atoms with E-state index >= 15 is 0 Å². The molecule has 0 amide bonds. The Labute approximate surface area is 133 Å². The third-order valence-electron chi connectivity index (χ3n) is 1.25. The van der Waals surface area contributed by atoms with E-state index < -0.39 is 25.4 Å². The van der Waals surface area contributed by atoms with Gasteiger partial charge in [-0.3, -0.25) is 0 Å². The topological polar surface area (TPSA) is 72.8 Å². The van der Waals surface area contributed by atoms with Crippen LogP contribution in [0.5, 0.6) is 0 Å². The van der Waals surface area contributed by atoms with Crippen molar-refractivity contribution < 1.29 is 41.2 Å². The number of rotatable bonds is 2. The smallest absolute Gasteiger partial charge is 0.363 e. The molecular formula is C8H5Br3CuO5. The summed E-state index contributed by atoms with van der Waals surface area (Å²) in [5.41, 5.74) is -0.730. The Balaban J connectivity index is 0. The van der Waals surface area contributed by atoms with Crippen LogP contribution in [0.4, 0.5) is 0 Å². The summed E-state index contributed by atoms with van der Waals surface area (Å²) < 4.78 is 7.10. The molecule has 0 aromatic heterocycles. The molecule has 0 aliphatic rings. The molecule has 5 nitrogen and oxygen atoms in total. The SMILES string of the molecule is C#COC(=O)/C(C(=O)OC)=C(/O)C(Br)(Br)Br.[Cu]. The van der Waals surface area contributed by atoms with Crippen molar-refractivity contribution in [2.75, 3.05) is 7.11 Å². The number of carbonyl (C=O) groups excluding carboxylic acids is 2. The Morgan fingerprint density at radius 1 is 1.29 bits per heavy atom. The van der Waals surface area contributed by atoms with Gasteiger partial charge in [-0.05, 0) is 0 Å². The second-order valence-corrected chi connectivity index (χ2v) is 8.98. The van der Waals surface area contributed by atoms with Crippen molar-refractivity contribution >= 4 is 59.7 Å². The fourth-order valence-electron chi connectivity index (χ4n) is 0.625. The Morgan fingerprint density at radius 2 is 1.76 bits per heavy atom. The van der Waals surface area contributed by atoms with Gasteiger partial charge in [0.2, 0.25) is 0 Å². The van der Waals surface area contributed by atoms with Gasteiger partial charge in [-0.2, -0.15) is 0 Å². The fraction of sp³-hybridized carbons (Fsp3) is 0.250. The first kappa shape index (κ1) is 19.3. The van der Waals surface area contributed by atoms with Crippen molar-refractivity contribution in [2.45, 2.75) is 2.14 Å². The maximum Gasteiger partial charge on any atom is 0.363 e. The van der Waals surface area contributed by atoms with Crippen molar-refractivity contribution in [1.29, 1.82) is 0 Å². The summed E-state index contributed by atoms with van der Waals surface area (Å²) in [5.74, 6) is -2.96. The molecular weight excluding hydrogens is 479 g/mol. The van der Waals surface area contributed by atoms with E-state index in [0.29, 0.717) is 0 Å². The van der Waals surface area contributed by atoms with E-state index in [0.717, 1.165) is 7.11 Å². The van der Waals surface area contributed by atoms with Gasteiger partial charge in [0.25, 0.3) is 0 Å². The molecule has 0 fully saturated rings. The number of ether oxygens (including phenoxy) is 2. The number of halogens is 3. The van der Waals surface area contributed by atoms with Crippen molar-refractivity contribution in [3.05, 3.63) is 11.3 Å². The van der Waals surface area contributed by atoms with Gasteiger partial charge in [0.15, 0.2) is 13.5 Å². The zero-order valence-electron chi connectivity index (χ0n) is 8.09. The predicted octanol–water partition coefficient (Wildman–Crippen LogP) is 1.94. The van der Waals surface area contributed by atoms with Crippen molar-refractivity contribution in [1.82, 2.24) is 0 Å². The summed E-state index contributed by atoms with van der Waals surface area (Å²) in [6, 6.07) is 0. The summed E-state index contributed by atoms with van der Waals surface area (Å²) in [6.07, 6.45) is 6.32. The van der Waals surface area contributed by atoms with E-state index in [9.17, 15) is 14.7 Å². The number of aliphatic hydroxyl groups is 1. The molecule has 1 N–H and O–H groups in total. The van der Waals surface area contributed by atoms with Gasteiger partial charge >= 0.3 is 11.9 Å². The van der Waals surface area contributed by atoms with E-state index in [1.54, 1.807) is 6.11 Å². The van der Waals surface area contributed by atoms with Crippen molar-refractivity contribution in [3.8, 4) is 12.5 Å². The Bertz CT molecular complexity index is 380. The Hall–Kier alpha value is -0.000519. The largest absolute Gasteiger partial charge is 0.508 e. The molecule has 0 spiro atoms. The molecule has 9 heteroatoms. The normalized spacial score (nSPS) is 11.5. The molecule has 1 radical (unpaired) electrons. The molecule has 0 aliphatic heterocycles. The van der Waals surface area contributed by atoms with Crippen LogP contribution >= 0.6 is 47.8 Å². The number of carbonyl (C=O) groups is 2. The van der Waals surface area contributed by atoms with Crippen LogP contribution in [0.1, 0.15) is 0 Å². The third kappa shape index (κ3) is 5.93. The maximum atomic E-state index is 11.3. The number of aliphatic hydroxyl groups excluding tert-OH is 1. The van der Waals surface area contributed by atoms with E-state index in [2.05, 4.69) is 57.3 Å². The average molecular weight is 484 g/mol. The summed E-state index contributed by atoms with van der Waals surface area (Å²) in [4.78, 5) is 22.5. The monoisotopic (exact) mass is 481 g/mol. The molecule has 0 bridgehead atoms. The van der Waals surface area contributed by atoms with Crippen LogP contribution in [0, 0.1) is 12.5 Å². The number of hydrogen-bond acceptors (Lipinski definition) is 5. The van der Waals surface area contributed by atoms with Crippen LogP contribution in [-0.2, 0) is 36.1 Å². The summed E-state index contributed by atoms with van der Waals surface area (Å²) in [7, 11) is 1.04. The molecule has 0 heterocycles. The standard InChI is InChI=1S/C8H5Br3O5.Cu/c1-3-16-7(14)4(6(13)15-2)5(12)8(9,10)11;/h1,12H,2H3;/b5-4+;. The molecule has 0 aromatic rings. The van der Waals surface area contributed by atoms with Crippen LogP contribution in [0.15, 0.2) is 11.3 Å². The number of hydrogen-bond donors (Lipinski definition) is 1. The van der Waals surface area contributed by atoms with Gasteiger partial charge in [-0.1, -0.05) is 54.2 Å². The van der Waals surface area contributed by atoms with Gasteiger partial charge in [-0.25, -0.2) is 9.59 Å². The number of alkyl halides is 3. The summed E-state index contributed by atoms with van der Waals surface area (Å²) in [6.45, 7) is 0. The summed E-state index contributed by atoms with van der Waals surface area (Å²) in [5, 5.41) is 9.61. The zero-order chi connectivity index (χ0) is 12.9. The molecule has 0 saturated heterocycles. The van der Waals surface area contributed by atoms with Gasteiger partial charge in [0.05, 0.1) is 7.11 Å². The van der Waals surface area contributed by atoms with E-state index in [-0.39, 0.29) is 17.1 Å². The Kier molecular flexibility index (Phi) is 9.29. The van der Waals surface area contributed by atoms with E-state index in [4.69, 9.17) is 6.42 Å². The molecule has 0 saturated carbocycles. The van der Waals surface area contributed by atoms with Crippen LogP contribution in [-0.4, -0.2) is 26.3 Å². The summed E-state index contributed by atoms with van der Waals surface area (Å²) >= 11 is 8.76.